The van der Waals surface area contributed by atoms with Gasteiger partial charge in [0.1, 0.15) is 5.69 Å². The van der Waals surface area contributed by atoms with Crippen LogP contribution in [-0.2, 0) is 6.54 Å². The Hall–Kier alpha value is -3.29. The van der Waals surface area contributed by atoms with Crippen molar-refractivity contribution in [2.45, 2.75) is 13.5 Å². The van der Waals surface area contributed by atoms with Crippen molar-refractivity contribution < 1.29 is 4.92 Å². The van der Waals surface area contributed by atoms with Crippen LogP contribution in [0.3, 0.4) is 0 Å². The van der Waals surface area contributed by atoms with Crippen LogP contribution in [0.2, 0.25) is 0 Å². The van der Waals surface area contributed by atoms with Crippen LogP contribution in [0, 0.1) is 17.0 Å². The van der Waals surface area contributed by atoms with Gasteiger partial charge in [0, 0.05) is 11.8 Å². The maximum atomic E-state index is 11.7. The number of nitro groups is 1. The standard InChI is InChI=1S/C15H13N5O3/c1-9-3-2-4-10(19-9)7-16-13-6-12-11(5-14(13)20(22)23)15(21)18-8-17-12/h2-6,8,16H,7H2,1H3,(H,17,18,21). The molecule has 0 saturated heterocycles. The van der Waals surface area contributed by atoms with Crippen LogP contribution >= 0.6 is 0 Å². The third kappa shape index (κ3) is 3.00. The van der Waals surface area contributed by atoms with Gasteiger partial charge >= 0.3 is 0 Å². The normalized spacial score (nSPS) is 10.7. The third-order valence-electron chi connectivity index (χ3n) is 3.36. The highest BCUT2D eigenvalue weighted by atomic mass is 16.6. The number of benzene rings is 1. The number of hydrogen-bond acceptors (Lipinski definition) is 6. The van der Waals surface area contributed by atoms with Gasteiger partial charge in [0.15, 0.2) is 0 Å². The van der Waals surface area contributed by atoms with Gasteiger partial charge in [-0.15, -0.1) is 0 Å². The van der Waals surface area contributed by atoms with E-state index < -0.39 is 10.5 Å². The highest BCUT2D eigenvalue weighted by molar-refractivity contribution is 5.86. The Morgan fingerprint density at radius 3 is 2.91 bits per heavy atom. The summed E-state index contributed by atoms with van der Waals surface area (Å²) in [5.41, 5.74) is 1.72. The lowest BCUT2D eigenvalue weighted by molar-refractivity contribution is -0.383. The molecule has 8 nitrogen and oxygen atoms in total. The summed E-state index contributed by atoms with van der Waals surface area (Å²) in [4.78, 5) is 33.2. The number of aromatic amines is 1. The molecule has 0 bridgehead atoms. The highest BCUT2D eigenvalue weighted by Gasteiger charge is 2.17. The smallest absolute Gasteiger partial charge is 0.293 e. The van der Waals surface area contributed by atoms with Crippen molar-refractivity contribution in [3.8, 4) is 0 Å². The van der Waals surface area contributed by atoms with Crippen LogP contribution in [0.1, 0.15) is 11.4 Å². The predicted molar refractivity (Wildman–Crippen MR) is 85.3 cm³/mol. The molecule has 0 unspecified atom stereocenters. The molecular formula is C15H13N5O3. The van der Waals surface area contributed by atoms with Crippen molar-refractivity contribution in [1.82, 2.24) is 15.0 Å². The first-order valence-electron chi connectivity index (χ1n) is 6.87. The number of pyridine rings is 1. The maximum Gasteiger partial charge on any atom is 0.293 e. The van der Waals surface area contributed by atoms with E-state index in [1.807, 2.05) is 25.1 Å². The minimum Gasteiger partial charge on any atom is -0.374 e. The van der Waals surface area contributed by atoms with Crippen LogP contribution in [0.4, 0.5) is 11.4 Å². The number of nitrogens with one attached hydrogen (secondary N) is 2. The van der Waals surface area contributed by atoms with E-state index in [1.165, 1.54) is 18.5 Å². The largest absolute Gasteiger partial charge is 0.374 e. The van der Waals surface area contributed by atoms with Gasteiger partial charge in [0.2, 0.25) is 0 Å². The Balaban J connectivity index is 2.00. The molecule has 1 aromatic carbocycles. The SMILES string of the molecule is Cc1cccc(CNc2cc3nc[nH]c(=O)c3cc2[N+](=O)[O-])n1. The van der Waals surface area contributed by atoms with Gasteiger partial charge in [-0.1, -0.05) is 6.07 Å². The van der Waals surface area contributed by atoms with Gasteiger partial charge in [0.05, 0.1) is 34.4 Å². The molecule has 0 atom stereocenters. The zero-order chi connectivity index (χ0) is 16.4. The van der Waals surface area contributed by atoms with E-state index >= 15 is 0 Å². The fourth-order valence-electron chi connectivity index (χ4n) is 2.28. The fraction of sp³-hybridized carbons (Fsp3) is 0.133. The number of nitrogens with zero attached hydrogens (tertiary/aromatic N) is 3. The molecule has 0 aliphatic carbocycles. The molecule has 0 aliphatic heterocycles. The van der Waals surface area contributed by atoms with Crippen LogP contribution in [0.5, 0.6) is 0 Å². The van der Waals surface area contributed by atoms with E-state index in [4.69, 9.17) is 0 Å². The molecule has 2 aromatic heterocycles. The number of aromatic nitrogens is 3. The first-order chi connectivity index (χ1) is 11.0. The maximum absolute atomic E-state index is 11.7. The average Bonchev–Trinajstić information content (AvgIpc) is 2.52. The third-order valence-corrected chi connectivity index (χ3v) is 3.36. The predicted octanol–water partition coefficient (Wildman–Crippen LogP) is 2.15. The topological polar surface area (TPSA) is 114 Å². The van der Waals surface area contributed by atoms with Crippen molar-refractivity contribution in [3.63, 3.8) is 0 Å². The molecule has 0 aliphatic rings. The van der Waals surface area contributed by atoms with Crippen LogP contribution < -0.4 is 10.9 Å². The summed E-state index contributed by atoms with van der Waals surface area (Å²) in [7, 11) is 0. The van der Waals surface area contributed by atoms with Gasteiger partial charge in [0.25, 0.3) is 11.2 Å². The Morgan fingerprint density at radius 2 is 2.17 bits per heavy atom. The van der Waals surface area contributed by atoms with Gasteiger partial charge in [-0.2, -0.15) is 0 Å². The second-order valence-corrected chi connectivity index (χ2v) is 5.00. The summed E-state index contributed by atoms with van der Waals surface area (Å²) < 4.78 is 0. The lowest BCUT2D eigenvalue weighted by atomic mass is 10.2. The molecule has 2 heterocycles. The molecule has 3 rings (SSSR count). The summed E-state index contributed by atoms with van der Waals surface area (Å²) in [5.74, 6) is 0. The molecule has 23 heavy (non-hydrogen) atoms. The molecule has 0 spiro atoms. The molecular weight excluding hydrogens is 298 g/mol. The number of hydrogen-bond donors (Lipinski definition) is 2. The summed E-state index contributed by atoms with van der Waals surface area (Å²) in [6.07, 6.45) is 1.27. The molecule has 8 heteroatoms. The lowest BCUT2D eigenvalue weighted by Gasteiger charge is -2.08. The molecule has 3 aromatic rings. The molecule has 0 saturated carbocycles. The van der Waals surface area contributed by atoms with Crippen LogP contribution in [0.15, 0.2) is 41.5 Å². The lowest BCUT2D eigenvalue weighted by Crippen LogP contribution is -2.09. The fourth-order valence-corrected chi connectivity index (χ4v) is 2.28. The summed E-state index contributed by atoms with van der Waals surface area (Å²) in [5, 5.41) is 14.4. The zero-order valence-electron chi connectivity index (χ0n) is 12.2. The first kappa shape index (κ1) is 14.6. The number of fused-ring (bicyclic) bond motifs is 1. The van der Waals surface area contributed by atoms with E-state index in [0.717, 1.165) is 11.4 Å². The van der Waals surface area contributed by atoms with Crippen molar-refractivity contribution in [2.75, 3.05) is 5.32 Å². The Labute approximate surface area is 130 Å². The Kier molecular flexibility index (Phi) is 3.71. The number of anilines is 1. The van der Waals surface area contributed by atoms with E-state index in [-0.39, 0.29) is 11.1 Å². The molecule has 116 valence electrons. The minimum absolute atomic E-state index is 0.177. The Morgan fingerprint density at radius 1 is 1.35 bits per heavy atom. The molecule has 0 radical (unpaired) electrons. The number of nitro benzene ring substituents is 1. The monoisotopic (exact) mass is 311 g/mol. The molecule has 0 fully saturated rings. The Bertz CT molecular complexity index is 951. The van der Waals surface area contributed by atoms with E-state index in [1.54, 1.807) is 0 Å². The highest BCUT2D eigenvalue weighted by Crippen LogP contribution is 2.28. The minimum atomic E-state index is -0.530. The van der Waals surface area contributed by atoms with Crippen molar-refractivity contribution >= 4 is 22.3 Å². The van der Waals surface area contributed by atoms with Crippen molar-refractivity contribution in [2.24, 2.45) is 0 Å². The van der Waals surface area contributed by atoms with E-state index in [0.29, 0.717) is 17.7 Å². The number of aryl methyl sites for hydroxylation is 1. The average molecular weight is 311 g/mol. The second-order valence-electron chi connectivity index (χ2n) is 5.00. The second kappa shape index (κ2) is 5.84. The van der Waals surface area contributed by atoms with Crippen molar-refractivity contribution in [1.29, 1.82) is 0 Å². The number of H-pyrrole nitrogens is 1. The van der Waals surface area contributed by atoms with Gasteiger partial charge < -0.3 is 10.3 Å². The summed E-state index contributed by atoms with van der Waals surface area (Å²) in [6.45, 7) is 2.20. The van der Waals surface area contributed by atoms with E-state index in [2.05, 4.69) is 20.3 Å². The van der Waals surface area contributed by atoms with Crippen LogP contribution in [0.25, 0.3) is 10.9 Å². The van der Waals surface area contributed by atoms with Crippen LogP contribution in [-0.4, -0.2) is 19.9 Å². The number of rotatable bonds is 4. The quantitative estimate of drug-likeness (QED) is 0.563. The summed E-state index contributed by atoms with van der Waals surface area (Å²) in [6, 6.07) is 8.30. The van der Waals surface area contributed by atoms with E-state index in [9.17, 15) is 14.9 Å². The van der Waals surface area contributed by atoms with Crippen molar-refractivity contribution in [3.05, 3.63) is 68.5 Å². The zero-order valence-corrected chi connectivity index (χ0v) is 12.2. The van der Waals surface area contributed by atoms with Gasteiger partial charge in [-0.25, -0.2) is 4.98 Å². The van der Waals surface area contributed by atoms with Gasteiger partial charge in [-0.3, -0.25) is 19.9 Å². The molecule has 2 N–H and O–H groups in total. The molecule has 0 amide bonds. The van der Waals surface area contributed by atoms with Gasteiger partial charge in [-0.05, 0) is 25.1 Å². The summed E-state index contributed by atoms with van der Waals surface area (Å²) >= 11 is 0. The first-order valence-corrected chi connectivity index (χ1v) is 6.87.